The van der Waals surface area contributed by atoms with Gasteiger partial charge in [0.15, 0.2) is 5.69 Å². The number of aromatic nitrogens is 2. The second-order valence-corrected chi connectivity index (χ2v) is 4.37. The van der Waals surface area contributed by atoms with Crippen LogP contribution >= 0.6 is 11.3 Å². The van der Waals surface area contributed by atoms with E-state index < -0.39 is 5.97 Å². The number of carboxylic acid groups (broad SMARTS) is 1. The fraction of sp³-hybridized carbons (Fsp3) is 0.182. The minimum Gasteiger partial charge on any atom is -0.476 e. The highest BCUT2D eigenvalue weighted by Gasteiger charge is 2.17. The SMILES string of the molecule is O=C(O)c1nc(-c2ccccn2)sc1CCO. The number of pyridine rings is 1. The van der Waals surface area contributed by atoms with Crippen LogP contribution in [0.25, 0.3) is 10.7 Å². The fourth-order valence-corrected chi connectivity index (χ4v) is 2.41. The molecule has 5 nitrogen and oxygen atoms in total. The molecular weight excluding hydrogens is 240 g/mol. The number of aliphatic hydroxyl groups is 1. The zero-order valence-electron chi connectivity index (χ0n) is 8.83. The van der Waals surface area contributed by atoms with Gasteiger partial charge in [0.05, 0.1) is 5.69 Å². The first-order valence-corrected chi connectivity index (χ1v) is 5.79. The average molecular weight is 250 g/mol. The molecule has 0 radical (unpaired) electrons. The van der Waals surface area contributed by atoms with Gasteiger partial charge >= 0.3 is 5.97 Å². The Morgan fingerprint density at radius 2 is 2.24 bits per heavy atom. The molecule has 0 fully saturated rings. The van der Waals surface area contributed by atoms with Crippen LogP contribution in [0.4, 0.5) is 0 Å². The van der Waals surface area contributed by atoms with Crippen molar-refractivity contribution in [1.29, 1.82) is 0 Å². The van der Waals surface area contributed by atoms with Gasteiger partial charge in [0.1, 0.15) is 5.01 Å². The van der Waals surface area contributed by atoms with Gasteiger partial charge in [0.2, 0.25) is 0 Å². The van der Waals surface area contributed by atoms with Gasteiger partial charge in [-0.1, -0.05) is 6.07 Å². The number of hydrogen-bond donors (Lipinski definition) is 2. The van der Waals surface area contributed by atoms with E-state index in [2.05, 4.69) is 9.97 Å². The summed E-state index contributed by atoms with van der Waals surface area (Å²) in [6.07, 6.45) is 1.93. The van der Waals surface area contributed by atoms with Gasteiger partial charge in [-0.2, -0.15) is 0 Å². The van der Waals surface area contributed by atoms with E-state index in [0.717, 1.165) is 0 Å². The topological polar surface area (TPSA) is 83.3 Å². The van der Waals surface area contributed by atoms with Crippen molar-refractivity contribution in [2.45, 2.75) is 6.42 Å². The number of hydrogen-bond acceptors (Lipinski definition) is 5. The molecule has 2 N–H and O–H groups in total. The third-order valence-corrected chi connectivity index (χ3v) is 3.26. The molecule has 0 bridgehead atoms. The smallest absolute Gasteiger partial charge is 0.355 e. The van der Waals surface area contributed by atoms with Gasteiger partial charge < -0.3 is 10.2 Å². The van der Waals surface area contributed by atoms with Crippen molar-refractivity contribution in [2.24, 2.45) is 0 Å². The number of rotatable bonds is 4. The number of nitrogens with zero attached hydrogens (tertiary/aromatic N) is 2. The molecule has 0 aliphatic carbocycles. The van der Waals surface area contributed by atoms with Crippen molar-refractivity contribution < 1.29 is 15.0 Å². The Hall–Kier alpha value is -1.79. The molecule has 0 saturated carbocycles. The predicted octanol–water partition coefficient (Wildman–Crippen LogP) is 1.44. The third-order valence-electron chi connectivity index (χ3n) is 2.12. The van der Waals surface area contributed by atoms with Crippen molar-refractivity contribution in [1.82, 2.24) is 9.97 Å². The summed E-state index contributed by atoms with van der Waals surface area (Å²) in [5, 5.41) is 18.4. The summed E-state index contributed by atoms with van der Waals surface area (Å²) in [4.78, 5) is 19.7. The second-order valence-electron chi connectivity index (χ2n) is 3.28. The Labute approximate surface area is 101 Å². The van der Waals surface area contributed by atoms with E-state index >= 15 is 0 Å². The van der Waals surface area contributed by atoms with Crippen molar-refractivity contribution in [3.63, 3.8) is 0 Å². The Morgan fingerprint density at radius 1 is 1.41 bits per heavy atom. The van der Waals surface area contributed by atoms with Crippen molar-refractivity contribution in [3.05, 3.63) is 35.0 Å². The monoisotopic (exact) mass is 250 g/mol. The van der Waals surface area contributed by atoms with E-state index in [0.29, 0.717) is 22.0 Å². The normalized spacial score (nSPS) is 10.4. The maximum absolute atomic E-state index is 11.0. The van der Waals surface area contributed by atoms with Crippen LogP contribution in [-0.4, -0.2) is 32.8 Å². The van der Waals surface area contributed by atoms with Gasteiger partial charge in [0.25, 0.3) is 0 Å². The van der Waals surface area contributed by atoms with Crippen molar-refractivity contribution in [2.75, 3.05) is 6.61 Å². The van der Waals surface area contributed by atoms with Crippen LogP contribution in [0.5, 0.6) is 0 Å². The Morgan fingerprint density at radius 3 is 2.82 bits per heavy atom. The zero-order valence-corrected chi connectivity index (χ0v) is 9.65. The van der Waals surface area contributed by atoms with Gasteiger partial charge in [-0.15, -0.1) is 11.3 Å². The largest absolute Gasteiger partial charge is 0.476 e. The summed E-state index contributed by atoms with van der Waals surface area (Å²) in [6.45, 7) is -0.0931. The second kappa shape index (κ2) is 5.03. The molecule has 17 heavy (non-hydrogen) atoms. The molecule has 0 unspecified atom stereocenters. The molecule has 0 atom stereocenters. The van der Waals surface area contributed by atoms with Crippen LogP contribution in [0.2, 0.25) is 0 Å². The highest BCUT2D eigenvalue weighted by atomic mass is 32.1. The van der Waals surface area contributed by atoms with Crippen molar-refractivity contribution in [3.8, 4) is 10.7 Å². The molecule has 2 rings (SSSR count). The van der Waals surface area contributed by atoms with Gasteiger partial charge in [0, 0.05) is 24.1 Å². The number of carbonyl (C=O) groups is 1. The van der Waals surface area contributed by atoms with Crippen LogP contribution in [0.15, 0.2) is 24.4 Å². The molecular formula is C11H10N2O3S. The predicted molar refractivity (Wildman–Crippen MR) is 63.1 cm³/mol. The molecule has 6 heteroatoms. The maximum atomic E-state index is 11.0. The lowest BCUT2D eigenvalue weighted by Crippen LogP contribution is -2.02. The summed E-state index contributed by atoms with van der Waals surface area (Å²) in [6, 6.07) is 5.37. The van der Waals surface area contributed by atoms with Crippen LogP contribution < -0.4 is 0 Å². The van der Waals surface area contributed by atoms with E-state index in [-0.39, 0.29) is 12.3 Å². The van der Waals surface area contributed by atoms with Crippen LogP contribution in [0, 0.1) is 0 Å². The molecule has 2 heterocycles. The molecule has 88 valence electrons. The first kappa shape index (κ1) is 11.7. The molecule has 2 aromatic heterocycles. The number of thiazole rings is 1. The Balaban J connectivity index is 2.44. The molecule has 2 aromatic rings. The quantitative estimate of drug-likeness (QED) is 0.857. The molecule has 0 amide bonds. The van der Waals surface area contributed by atoms with Crippen LogP contribution in [-0.2, 0) is 6.42 Å². The van der Waals surface area contributed by atoms with Crippen LogP contribution in [0.3, 0.4) is 0 Å². The lowest BCUT2D eigenvalue weighted by molar-refractivity contribution is 0.0690. The average Bonchev–Trinajstić information content (AvgIpc) is 2.75. The number of aliphatic hydroxyl groups excluding tert-OH is 1. The van der Waals surface area contributed by atoms with Gasteiger partial charge in [-0.05, 0) is 12.1 Å². The summed E-state index contributed by atoms with van der Waals surface area (Å²) in [5.41, 5.74) is 0.647. The Kier molecular flexibility index (Phi) is 3.46. The van der Waals surface area contributed by atoms with E-state index in [4.69, 9.17) is 10.2 Å². The van der Waals surface area contributed by atoms with E-state index in [1.807, 2.05) is 6.07 Å². The highest BCUT2D eigenvalue weighted by molar-refractivity contribution is 7.15. The zero-order chi connectivity index (χ0) is 12.3. The number of aromatic carboxylic acids is 1. The molecule has 0 aromatic carbocycles. The fourth-order valence-electron chi connectivity index (χ4n) is 1.39. The van der Waals surface area contributed by atoms with Gasteiger partial charge in [-0.25, -0.2) is 9.78 Å². The standard InChI is InChI=1S/C11H10N2O3S/c14-6-4-8-9(11(15)16)13-10(17-8)7-3-1-2-5-12-7/h1-3,5,14H,4,6H2,(H,15,16). The van der Waals surface area contributed by atoms with Gasteiger partial charge in [-0.3, -0.25) is 4.98 Å². The minimum atomic E-state index is -1.08. The van der Waals surface area contributed by atoms with E-state index in [1.54, 1.807) is 18.3 Å². The number of carboxylic acids is 1. The summed E-state index contributed by atoms with van der Waals surface area (Å²) in [5.74, 6) is -1.08. The Bertz CT molecular complexity index is 525. The lowest BCUT2D eigenvalue weighted by atomic mass is 10.3. The summed E-state index contributed by atoms with van der Waals surface area (Å²) < 4.78 is 0. The maximum Gasteiger partial charge on any atom is 0.355 e. The third kappa shape index (κ3) is 2.48. The summed E-state index contributed by atoms with van der Waals surface area (Å²) >= 11 is 1.25. The van der Waals surface area contributed by atoms with E-state index in [1.165, 1.54) is 11.3 Å². The molecule has 0 aliphatic heterocycles. The molecule has 0 aliphatic rings. The van der Waals surface area contributed by atoms with Crippen LogP contribution in [0.1, 0.15) is 15.4 Å². The van der Waals surface area contributed by atoms with E-state index in [9.17, 15) is 4.79 Å². The first-order chi connectivity index (χ1) is 8.22. The first-order valence-electron chi connectivity index (χ1n) is 4.97. The highest BCUT2D eigenvalue weighted by Crippen LogP contribution is 2.27. The lowest BCUT2D eigenvalue weighted by Gasteiger charge is -1.92. The summed E-state index contributed by atoms with van der Waals surface area (Å²) in [7, 11) is 0. The minimum absolute atomic E-state index is 0.00435. The molecule has 0 saturated heterocycles. The van der Waals surface area contributed by atoms with Crippen molar-refractivity contribution >= 4 is 17.3 Å². The molecule has 0 spiro atoms.